The molecule has 2 aromatic carbocycles. The van der Waals surface area contributed by atoms with Crippen molar-refractivity contribution in [1.82, 2.24) is 4.98 Å². The smallest absolute Gasteiger partial charge is 0.331 e. The summed E-state index contributed by atoms with van der Waals surface area (Å²) in [6.07, 6.45) is 8.11. The van der Waals surface area contributed by atoms with Crippen molar-refractivity contribution in [1.29, 1.82) is 0 Å². The van der Waals surface area contributed by atoms with E-state index in [0.29, 0.717) is 22.4 Å². The van der Waals surface area contributed by atoms with Gasteiger partial charge in [-0.2, -0.15) is 0 Å². The van der Waals surface area contributed by atoms with Gasteiger partial charge in [-0.3, -0.25) is 4.98 Å². The third kappa shape index (κ3) is 7.13. The summed E-state index contributed by atoms with van der Waals surface area (Å²) in [7, 11) is -3.28. The standard InChI is InChI=1S/C20H20O2.C13H15NO2S/c1-14-7-4-5-9-17(14)11-12-18-10-6-8-15(2)19(20(21)22)13-16(18)3;1-9(2)17(15,16)12-6-4-5-11-10(3)7-8-14-13(11)12/h4-7,9-10,13,15H,8H2,1-3H3,(H,21,22);4-9H,1-3H3/b10-6+,18-16+,19-13+;. The molecule has 1 unspecified atom stereocenters. The first-order chi connectivity index (χ1) is 18.4. The number of carboxylic acids is 1. The zero-order valence-corrected chi connectivity index (χ0v) is 24.1. The molecular weight excluding hydrogens is 506 g/mol. The van der Waals surface area contributed by atoms with Crippen LogP contribution in [0.4, 0.5) is 0 Å². The van der Waals surface area contributed by atoms with Gasteiger partial charge < -0.3 is 5.11 Å². The molecule has 39 heavy (non-hydrogen) atoms. The number of pyridine rings is 1. The Labute approximate surface area is 231 Å². The molecule has 1 aliphatic carbocycles. The first-order valence-corrected chi connectivity index (χ1v) is 14.5. The van der Waals surface area contributed by atoms with E-state index in [0.717, 1.165) is 33.2 Å². The van der Waals surface area contributed by atoms with Crippen molar-refractivity contribution >= 4 is 26.7 Å². The molecular formula is C33H35NO4S. The fourth-order valence-electron chi connectivity index (χ4n) is 4.13. The van der Waals surface area contributed by atoms with Crippen molar-refractivity contribution in [2.75, 3.05) is 0 Å². The molecule has 3 aromatic rings. The van der Waals surface area contributed by atoms with Gasteiger partial charge in [0.05, 0.1) is 15.7 Å². The third-order valence-electron chi connectivity index (χ3n) is 6.70. The Hall–Kier alpha value is -3.95. The van der Waals surface area contributed by atoms with E-state index < -0.39 is 21.1 Å². The summed E-state index contributed by atoms with van der Waals surface area (Å²) < 4.78 is 24.4. The molecule has 6 heteroatoms. The van der Waals surface area contributed by atoms with Gasteiger partial charge in [0.15, 0.2) is 9.84 Å². The van der Waals surface area contributed by atoms with Gasteiger partial charge in [-0.15, -0.1) is 0 Å². The number of nitrogens with zero attached hydrogens (tertiary/aromatic N) is 1. The number of carbonyl (C=O) groups is 1. The second-order valence-corrected chi connectivity index (χ2v) is 12.5. The van der Waals surface area contributed by atoms with Crippen molar-refractivity contribution in [3.8, 4) is 11.8 Å². The molecule has 1 heterocycles. The normalized spacial score (nSPS) is 19.5. The maximum absolute atomic E-state index is 12.2. The summed E-state index contributed by atoms with van der Waals surface area (Å²) in [5.74, 6) is 5.51. The monoisotopic (exact) mass is 541 g/mol. The third-order valence-corrected chi connectivity index (χ3v) is 8.89. The molecule has 1 aromatic heterocycles. The molecule has 0 aliphatic heterocycles. The van der Waals surface area contributed by atoms with Crippen LogP contribution >= 0.6 is 0 Å². The second-order valence-electron chi connectivity index (χ2n) is 9.98. The molecule has 1 N–H and O–H groups in total. The van der Waals surface area contributed by atoms with E-state index in [1.807, 2.05) is 76.2 Å². The van der Waals surface area contributed by atoms with Gasteiger partial charge >= 0.3 is 5.97 Å². The number of fused-ring (bicyclic) bond motifs is 1. The van der Waals surface area contributed by atoms with Gasteiger partial charge in [-0.1, -0.05) is 61.2 Å². The summed E-state index contributed by atoms with van der Waals surface area (Å²) >= 11 is 0. The molecule has 1 atom stereocenters. The number of benzene rings is 2. The van der Waals surface area contributed by atoms with E-state index in [-0.39, 0.29) is 5.92 Å². The predicted molar refractivity (Wildman–Crippen MR) is 158 cm³/mol. The van der Waals surface area contributed by atoms with Crippen LogP contribution in [0.3, 0.4) is 0 Å². The quantitative estimate of drug-likeness (QED) is 0.361. The van der Waals surface area contributed by atoms with Crippen LogP contribution in [0.15, 0.2) is 94.6 Å². The van der Waals surface area contributed by atoms with Crippen molar-refractivity contribution in [3.63, 3.8) is 0 Å². The lowest BCUT2D eigenvalue weighted by Gasteiger charge is -2.13. The van der Waals surface area contributed by atoms with Crippen LogP contribution in [0.25, 0.3) is 10.9 Å². The second kappa shape index (κ2) is 12.7. The minimum absolute atomic E-state index is 0.00887. The van der Waals surface area contributed by atoms with Gasteiger partial charge in [0.25, 0.3) is 0 Å². The van der Waals surface area contributed by atoms with Gasteiger partial charge in [0, 0.05) is 28.3 Å². The maximum atomic E-state index is 12.2. The van der Waals surface area contributed by atoms with Crippen LogP contribution in [0.1, 0.15) is 50.8 Å². The van der Waals surface area contributed by atoms with Crippen molar-refractivity contribution in [2.45, 2.75) is 58.1 Å². The Kier molecular flexibility index (Phi) is 9.66. The molecule has 0 saturated heterocycles. The predicted octanol–water partition coefficient (Wildman–Crippen LogP) is 7.00. The van der Waals surface area contributed by atoms with E-state index in [9.17, 15) is 18.3 Å². The lowest BCUT2D eigenvalue weighted by Crippen LogP contribution is -2.14. The van der Waals surface area contributed by atoms with Crippen molar-refractivity contribution in [2.24, 2.45) is 5.92 Å². The Morgan fingerprint density at radius 2 is 1.72 bits per heavy atom. The SMILES string of the molecule is CC1=C(C#Cc2ccccc2C)/C=C/CC(C)/C(C(=O)O)=C\1.Cc1ccnc2c(S(=O)(=O)C(C)C)cccc12. The molecule has 1 aliphatic rings. The zero-order valence-electron chi connectivity index (χ0n) is 23.3. The number of allylic oxidation sites excluding steroid dienone is 5. The molecule has 202 valence electrons. The summed E-state index contributed by atoms with van der Waals surface area (Å²) in [5, 5.41) is 9.79. The molecule has 4 rings (SSSR count). The number of hydrogen-bond donors (Lipinski definition) is 1. The largest absolute Gasteiger partial charge is 0.478 e. The van der Waals surface area contributed by atoms with Gasteiger partial charge in [0.1, 0.15) is 0 Å². The minimum Gasteiger partial charge on any atom is -0.478 e. The summed E-state index contributed by atoms with van der Waals surface area (Å²) in [5.41, 5.74) is 5.94. The van der Waals surface area contributed by atoms with E-state index >= 15 is 0 Å². The number of rotatable bonds is 3. The highest BCUT2D eigenvalue weighted by molar-refractivity contribution is 7.92. The van der Waals surface area contributed by atoms with E-state index in [2.05, 4.69) is 16.8 Å². The summed E-state index contributed by atoms with van der Waals surface area (Å²) in [6, 6.07) is 15.2. The number of sulfone groups is 1. The van der Waals surface area contributed by atoms with Crippen molar-refractivity contribution < 1.29 is 18.3 Å². The first kappa shape index (κ1) is 29.6. The average molecular weight is 542 g/mol. The fraction of sp³-hybridized carbons (Fsp3) is 0.273. The Bertz CT molecular complexity index is 1650. The number of carboxylic acid groups (broad SMARTS) is 1. The maximum Gasteiger partial charge on any atom is 0.331 e. The van der Waals surface area contributed by atoms with Crippen molar-refractivity contribution in [3.05, 3.63) is 106 Å². The lowest BCUT2D eigenvalue weighted by atomic mass is 9.91. The molecule has 0 saturated carbocycles. The van der Waals surface area contributed by atoms with Crippen LogP contribution in [-0.2, 0) is 14.6 Å². The van der Waals surface area contributed by atoms with Gasteiger partial charge in [-0.05, 0) is 87.9 Å². The van der Waals surface area contributed by atoms with Gasteiger partial charge in [0.2, 0.25) is 0 Å². The highest BCUT2D eigenvalue weighted by Crippen LogP contribution is 2.26. The molecule has 0 radical (unpaired) electrons. The Balaban J connectivity index is 0.000000223. The van der Waals surface area contributed by atoms with Gasteiger partial charge in [-0.25, -0.2) is 13.2 Å². The summed E-state index contributed by atoms with van der Waals surface area (Å²) in [4.78, 5) is 15.9. The van der Waals surface area contributed by atoms with Crippen LogP contribution < -0.4 is 0 Å². The van der Waals surface area contributed by atoms with E-state index in [1.54, 1.807) is 38.3 Å². The minimum atomic E-state index is -3.28. The molecule has 0 fully saturated rings. The molecule has 0 spiro atoms. The lowest BCUT2D eigenvalue weighted by molar-refractivity contribution is -0.133. The average Bonchev–Trinajstić information content (AvgIpc) is 2.89. The molecule has 0 bridgehead atoms. The Morgan fingerprint density at radius 3 is 2.38 bits per heavy atom. The summed E-state index contributed by atoms with van der Waals surface area (Å²) in [6.45, 7) is 11.2. The van der Waals surface area contributed by atoms with Crippen LogP contribution in [0.5, 0.6) is 0 Å². The molecule has 0 amide bonds. The first-order valence-electron chi connectivity index (χ1n) is 12.9. The van der Waals surface area contributed by atoms with E-state index in [1.165, 1.54) is 0 Å². The van der Waals surface area contributed by atoms with Crippen LogP contribution in [0.2, 0.25) is 0 Å². The number of aryl methyl sites for hydroxylation is 2. The van der Waals surface area contributed by atoms with Crippen LogP contribution in [-0.4, -0.2) is 29.7 Å². The molecule has 5 nitrogen and oxygen atoms in total. The highest BCUT2D eigenvalue weighted by Gasteiger charge is 2.22. The van der Waals surface area contributed by atoms with E-state index in [4.69, 9.17) is 0 Å². The number of hydrogen-bond acceptors (Lipinski definition) is 4. The fourth-order valence-corrected chi connectivity index (χ4v) is 5.34. The number of aliphatic carboxylic acids is 1. The van der Waals surface area contributed by atoms with Crippen LogP contribution in [0, 0.1) is 31.6 Å². The highest BCUT2D eigenvalue weighted by atomic mass is 32.2. The zero-order chi connectivity index (χ0) is 28.7. The topological polar surface area (TPSA) is 84.3 Å². The number of aromatic nitrogens is 1. The number of para-hydroxylation sites is 1. The Morgan fingerprint density at radius 1 is 1.00 bits per heavy atom.